The minimum atomic E-state index is -0.707. The Balaban J connectivity index is 2.64. The zero-order valence-electron chi connectivity index (χ0n) is 11.2. The minimum absolute atomic E-state index is 0.271. The molecule has 0 aliphatic heterocycles. The Morgan fingerprint density at radius 3 is 2.75 bits per heavy atom. The van der Waals surface area contributed by atoms with Gasteiger partial charge in [-0.15, -0.1) is 0 Å². The molecule has 4 nitrogen and oxygen atoms in total. The van der Waals surface area contributed by atoms with E-state index in [1.54, 1.807) is 32.0 Å². The summed E-state index contributed by atoms with van der Waals surface area (Å²) in [5.74, 6) is -0.892. The van der Waals surface area contributed by atoms with Crippen molar-refractivity contribution < 1.29 is 14.3 Å². The molecule has 1 unspecified atom stereocenters. The van der Waals surface area contributed by atoms with Crippen LogP contribution in [-0.2, 0) is 14.3 Å². The molecule has 0 heterocycles. The average Bonchev–Trinajstić information content (AvgIpc) is 2.40. The topological polar surface area (TPSA) is 55.4 Å². The van der Waals surface area contributed by atoms with E-state index < -0.39 is 17.9 Å². The number of hydrogen-bond donors (Lipinski definition) is 1. The summed E-state index contributed by atoms with van der Waals surface area (Å²) in [5, 5.41) is 3.50. The molecule has 0 fully saturated rings. The van der Waals surface area contributed by atoms with Gasteiger partial charge in [0, 0.05) is 16.1 Å². The number of esters is 1. The van der Waals surface area contributed by atoms with Crippen molar-refractivity contribution in [1.29, 1.82) is 0 Å². The molecule has 1 atom stereocenters. The lowest BCUT2D eigenvalue weighted by atomic mass is 10.2. The first-order valence-corrected chi connectivity index (χ1v) is 6.80. The summed E-state index contributed by atoms with van der Waals surface area (Å²) >= 11 is 11.8. The number of ether oxygens (including phenoxy) is 1. The predicted octanol–water partition coefficient (Wildman–Crippen LogP) is 3.07. The van der Waals surface area contributed by atoms with Gasteiger partial charge in [0.05, 0.1) is 6.61 Å². The zero-order chi connectivity index (χ0) is 15.1. The summed E-state index contributed by atoms with van der Waals surface area (Å²) < 4.78 is 4.79. The first-order chi connectivity index (χ1) is 9.43. The van der Waals surface area contributed by atoms with E-state index in [4.69, 9.17) is 27.9 Å². The molecule has 1 amide bonds. The van der Waals surface area contributed by atoms with Gasteiger partial charge in [0.25, 0.3) is 0 Å². The van der Waals surface area contributed by atoms with Gasteiger partial charge in [0.1, 0.15) is 6.04 Å². The second-order valence-corrected chi connectivity index (χ2v) is 4.83. The molecule has 1 rings (SSSR count). The molecule has 0 aromatic heterocycles. The SMILES string of the molecule is CCOC(=O)C(C)NC(=O)C=Cc1cc(Cl)ccc1Cl. The van der Waals surface area contributed by atoms with Crippen LogP contribution >= 0.6 is 23.2 Å². The molecular weight excluding hydrogens is 301 g/mol. The van der Waals surface area contributed by atoms with Gasteiger partial charge in [0.15, 0.2) is 0 Å². The highest BCUT2D eigenvalue weighted by Gasteiger charge is 2.14. The first kappa shape index (κ1) is 16.5. The van der Waals surface area contributed by atoms with Crippen LogP contribution in [0.5, 0.6) is 0 Å². The highest BCUT2D eigenvalue weighted by atomic mass is 35.5. The van der Waals surface area contributed by atoms with Gasteiger partial charge in [-0.25, -0.2) is 4.79 Å². The first-order valence-electron chi connectivity index (χ1n) is 6.04. The fourth-order valence-corrected chi connectivity index (χ4v) is 1.76. The molecule has 108 valence electrons. The number of amides is 1. The van der Waals surface area contributed by atoms with Crippen LogP contribution < -0.4 is 5.32 Å². The van der Waals surface area contributed by atoms with Crippen LogP contribution in [0, 0.1) is 0 Å². The van der Waals surface area contributed by atoms with Gasteiger partial charge in [-0.2, -0.15) is 0 Å². The van der Waals surface area contributed by atoms with Gasteiger partial charge in [-0.05, 0) is 43.7 Å². The van der Waals surface area contributed by atoms with Crippen molar-refractivity contribution in [2.75, 3.05) is 6.61 Å². The van der Waals surface area contributed by atoms with Gasteiger partial charge in [-0.1, -0.05) is 23.2 Å². The lowest BCUT2D eigenvalue weighted by Crippen LogP contribution is -2.38. The number of halogens is 2. The van der Waals surface area contributed by atoms with Gasteiger partial charge >= 0.3 is 5.97 Å². The third kappa shape index (κ3) is 5.23. The van der Waals surface area contributed by atoms with Gasteiger partial charge in [-0.3, -0.25) is 4.79 Å². The molecule has 6 heteroatoms. The van der Waals surface area contributed by atoms with Crippen LogP contribution in [0.1, 0.15) is 19.4 Å². The monoisotopic (exact) mass is 315 g/mol. The Labute approximate surface area is 127 Å². The largest absolute Gasteiger partial charge is 0.464 e. The summed E-state index contributed by atoms with van der Waals surface area (Å²) in [6, 6.07) is 4.23. The Morgan fingerprint density at radius 1 is 1.40 bits per heavy atom. The normalized spacial score (nSPS) is 12.2. The maximum atomic E-state index is 11.6. The molecule has 1 N–H and O–H groups in total. The van der Waals surface area contributed by atoms with Crippen LogP contribution in [0.4, 0.5) is 0 Å². The maximum Gasteiger partial charge on any atom is 0.328 e. The smallest absolute Gasteiger partial charge is 0.328 e. The zero-order valence-corrected chi connectivity index (χ0v) is 12.7. The minimum Gasteiger partial charge on any atom is -0.464 e. The van der Waals surface area contributed by atoms with Crippen LogP contribution in [0.3, 0.4) is 0 Å². The summed E-state index contributed by atoms with van der Waals surface area (Å²) in [6.45, 7) is 3.52. The quantitative estimate of drug-likeness (QED) is 0.671. The van der Waals surface area contributed by atoms with E-state index in [2.05, 4.69) is 5.32 Å². The van der Waals surface area contributed by atoms with Crippen LogP contribution in [-0.4, -0.2) is 24.5 Å². The molecule has 0 aliphatic rings. The fraction of sp³-hybridized carbons (Fsp3) is 0.286. The van der Waals surface area contributed by atoms with E-state index in [0.29, 0.717) is 15.6 Å². The van der Waals surface area contributed by atoms with Crippen molar-refractivity contribution in [2.45, 2.75) is 19.9 Å². The Bertz CT molecular complexity index is 529. The highest BCUT2D eigenvalue weighted by molar-refractivity contribution is 6.34. The van der Waals surface area contributed by atoms with Crippen LogP contribution in [0.2, 0.25) is 10.0 Å². The Kier molecular flexibility index (Phi) is 6.55. The van der Waals surface area contributed by atoms with E-state index in [9.17, 15) is 9.59 Å². The molecule has 0 bridgehead atoms. The van der Waals surface area contributed by atoms with E-state index in [-0.39, 0.29) is 6.61 Å². The number of nitrogens with one attached hydrogen (secondary N) is 1. The average molecular weight is 316 g/mol. The van der Waals surface area contributed by atoms with E-state index >= 15 is 0 Å². The molecule has 1 aromatic rings. The van der Waals surface area contributed by atoms with E-state index in [1.807, 2.05) is 0 Å². The maximum absolute atomic E-state index is 11.6. The Morgan fingerprint density at radius 2 is 2.10 bits per heavy atom. The number of carbonyl (C=O) groups is 2. The molecule has 0 spiro atoms. The summed E-state index contributed by atoms with van der Waals surface area (Å²) in [5.41, 5.74) is 0.623. The molecular formula is C14H15Cl2NO3. The van der Waals surface area contributed by atoms with Crippen molar-refractivity contribution in [3.8, 4) is 0 Å². The van der Waals surface area contributed by atoms with E-state index in [0.717, 1.165) is 0 Å². The molecule has 0 saturated carbocycles. The van der Waals surface area contributed by atoms with Gasteiger partial charge < -0.3 is 10.1 Å². The van der Waals surface area contributed by atoms with Crippen LogP contribution in [0.15, 0.2) is 24.3 Å². The highest BCUT2D eigenvalue weighted by Crippen LogP contribution is 2.21. The molecule has 0 radical (unpaired) electrons. The number of hydrogen-bond acceptors (Lipinski definition) is 3. The standard InChI is InChI=1S/C14H15Cl2NO3/c1-3-20-14(19)9(2)17-13(18)7-4-10-8-11(15)5-6-12(10)16/h4-9H,3H2,1-2H3,(H,17,18). The second-order valence-electron chi connectivity index (χ2n) is 3.98. The Hall–Kier alpha value is -1.52. The molecule has 0 saturated heterocycles. The van der Waals surface area contributed by atoms with Crippen molar-refractivity contribution in [1.82, 2.24) is 5.32 Å². The predicted molar refractivity (Wildman–Crippen MR) is 79.7 cm³/mol. The lowest BCUT2D eigenvalue weighted by molar-refractivity contribution is -0.146. The molecule has 0 aliphatic carbocycles. The van der Waals surface area contributed by atoms with Crippen LogP contribution in [0.25, 0.3) is 6.08 Å². The van der Waals surface area contributed by atoms with Gasteiger partial charge in [0.2, 0.25) is 5.91 Å². The summed E-state index contributed by atoms with van der Waals surface area (Å²) in [4.78, 5) is 23.0. The van der Waals surface area contributed by atoms with Crippen molar-refractivity contribution in [3.05, 3.63) is 39.9 Å². The summed E-state index contributed by atoms with van der Waals surface area (Å²) in [7, 11) is 0. The van der Waals surface area contributed by atoms with Crippen molar-refractivity contribution in [3.63, 3.8) is 0 Å². The van der Waals surface area contributed by atoms with Crippen molar-refractivity contribution in [2.24, 2.45) is 0 Å². The fourth-order valence-electron chi connectivity index (χ4n) is 1.40. The van der Waals surface area contributed by atoms with E-state index in [1.165, 1.54) is 12.2 Å². The number of carbonyl (C=O) groups excluding carboxylic acids is 2. The number of rotatable bonds is 5. The van der Waals surface area contributed by atoms with Crippen molar-refractivity contribution >= 4 is 41.2 Å². The third-order valence-corrected chi connectivity index (χ3v) is 2.95. The third-order valence-electron chi connectivity index (χ3n) is 2.37. The molecule has 20 heavy (non-hydrogen) atoms. The lowest BCUT2D eigenvalue weighted by Gasteiger charge is -2.10. The summed E-state index contributed by atoms with van der Waals surface area (Å²) in [6.07, 6.45) is 2.81. The number of benzene rings is 1. The second kappa shape index (κ2) is 7.92. The molecule has 1 aromatic carbocycles.